The third-order valence-electron chi connectivity index (χ3n) is 4.17. The summed E-state index contributed by atoms with van der Waals surface area (Å²) in [5.41, 5.74) is 2.04. The zero-order chi connectivity index (χ0) is 16.5. The lowest BCUT2D eigenvalue weighted by molar-refractivity contribution is 0.0675. The van der Waals surface area contributed by atoms with Crippen LogP contribution < -0.4 is 0 Å². The molecule has 1 aromatic heterocycles. The van der Waals surface area contributed by atoms with Gasteiger partial charge in [0.1, 0.15) is 0 Å². The minimum absolute atomic E-state index is 0.117. The van der Waals surface area contributed by atoms with E-state index < -0.39 is 0 Å². The molecule has 0 N–H and O–H groups in total. The number of rotatable bonds is 2. The van der Waals surface area contributed by atoms with E-state index in [1.54, 1.807) is 24.3 Å². The summed E-state index contributed by atoms with van der Waals surface area (Å²) in [6.45, 7) is 0.641. The topological polar surface area (TPSA) is 42.3 Å². The molecule has 1 aliphatic rings. The first-order valence-electron chi connectivity index (χ1n) is 7.70. The highest BCUT2D eigenvalue weighted by atomic mass is 16.2. The van der Waals surface area contributed by atoms with Crippen LogP contribution in [0.5, 0.6) is 0 Å². The first-order chi connectivity index (χ1) is 11.8. The van der Waals surface area contributed by atoms with Crippen LogP contribution in [0.4, 0.5) is 0 Å². The van der Waals surface area contributed by atoms with Crippen molar-refractivity contribution in [2.75, 3.05) is 6.54 Å². The van der Waals surface area contributed by atoms with Crippen LogP contribution in [-0.4, -0.2) is 27.8 Å². The van der Waals surface area contributed by atoms with E-state index in [0.29, 0.717) is 17.7 Å². The number of carbonyl (C=O) groups is 2. The minimum Gasteiger partial charge on any atom is -0.336 e. The Kier molecular flexibility index (Phi) is 3.40. The number of hydrogen-bond donors (Lipinski definition) is 0. The quantitative estimate of drug-likeness (QED) is 0.539. The molecule has 4 rings (SSSR count). The van der Waals surface area contributed by atoms with Crippen LogP contribution in [0.15, 0.2) is 60.8 Å². The van der Waals surface area contributed by atoms with E-state index in [0.717, 1.165) is 5.52 Å². The molecule has 3 aromatic rings. The zero-order valence-electron chi connectivity index (χ0n) is 12.9. The van der Waals surface area contributed by atoms with Crippen molar-refractivity contribution < 1.29 is 9.59 Å². The Morgan fingerprint density at radius 3 is 2.12 bits per heavy atom. The molecule has 0 fully saturated rings. The summed E-state index contributed by atoms with van der Waals surface area (Å²) in [4.78, 5) is 25.7. The predicted octanol–water partition coefficient (Wildman–Crippen LogP) is 2.94. The van der Waals surface area contributed by atoms with Gasteiger partial charge in [-0.05, 0) is 29.7 Å². The number of imide groups is 1. The second-order valence-corrected chi connectivity index (χ2v) is 5.60. The van der Waals surface area contributed by atoms with Gasteiger partial charge in [0.25, 0.3) is 11.8 Å². The number of aromatic nitrogens is 1. The van der Waals surface area contributed by atoms with Crippen LogP contribution >= 0.6 is 0 Å². The number of hydrogen-bond acceptors (Lipinski definition) is 2. The average molecular weight is 314 g/mol. The molecule has 0 radical (unpaired) electrons. The van der Waals surface area contributed by atoms with Gasteiger partial charge in [-0.3, -0.25) is 14.5 Å². The Labute approximate surface area is 139 Å². The van der Waals surface area contributed by atoms with Gasteiger partial charge in [-0.25, -0.2) is 0 Å². The summed E-state index contributed by atoms with van der Waals surface area (Å²) in [5, 5.41) is 1.17. The van der Waals surface area contributed by atoms with Gasteiger partial charge in [-0.1, -0.05) is 42.2 Å². The Hall–Kier alpha value is -3.32. The van der Waals surface area contributed by atoms with Crippen molar-refractivity contribution in [2.45, 2.75) is 6.54 Å². The van der Waals surface area contributed by atoms with Crippen molar-refractivity contribution in [3.63, 3.8) is 0 Å². The van der Waals surface area contributed by atoms with Crippen molar-refractivity contribution in [2.24, 2.45) is 0 Å². The lowest BCUT2D eigenvalue weighted by Gasteiger charge is -2.08. The third-order valence-corrected chi connectivity index (χ3v) is 4.17. The highest BCUT2D eigenvalue weighted by Gasteiger charge is 2.34. The largest absolute Gasteiger partial charge is 0.336 e. The van der Waals surface area contributed by atoms with Crippen LogP contribution in [0.1, 0.15) is 20.7 Å². The van der Waals surface area contributed by atoms with Gasteiger partial charge in [0.15, 0.2) is 0 Å². The number of benzene rings is 2. The van der Waals surface area contributed by atoms with Crippen molar-refractivity contribution in [1.29, 1.82) is 0 Å². The molecule has 0 unspecified atom stereocenters. The second-order valence-electron chi connectivity index (χ2n) is 5.60. The maximum Gasteiger partial charge on any atom is 0.262 e. The van der Waals surface area contributed by atoms with Crippen LogP contribution in [0.3, 0.4) is 0 Å². The Bertz CT molecular complexity index is 986. The van der Waals surface area contributed by atoms with E-state index in [1.807, 2.05) is 35.0 Å². The Morgan fingerprint density at radius 1 is 0.750 bits per heavy atom. The first-order valence-corrected chi connectivity index (χ1v) is 7.70. The molecular formula is C20H14N2O2. The molecule has 0 aliphatic carbocycles. The van der Waals surface area contributed by atoms with E-state index >= 15 is 0 Å². The molecule has 0 saturated carbocycles. The predicted molar refractivity (Wildman–Crippen MR) is 91.5 cm³/mol. The van der Waals surface area contributed by atoms with E-state index in [-0.39, 0.29) is 18.4 Å². The molecule has 4 nitrogen and oxygen atoms in total. The van der Waals surface area contributed by atoms with E-state index in [9.17, 15) is 9.59 Å². The highest BCUT2D eigenvalue weighted by molar-refractivity contribution is 6.21. The smallest absolute Gasteiger partial charge is 0.262 e. The van der Waals surface area contributed by atoms with Gasteiger partial charge in [-0.2, -0.15) is 0 Å². The number of fused-ring (bicyclic) bond motifs is 2. The standard InChI is InChI=1S/C20H14N2O2/c23-19-16-8-2-3-9-17(16)20(24)22(19)13-6-5-12-21-14-11-15-7-1-4-10-18(15)21/h1-4,7-11,14H,12-13H2. The van der Waals surface area contributed by atoms with E-state index in [4.69, 9.17) is 0 Å². The van der Waals surface area contributed by atoms with Gasteiger partial charge < -0.3 is 4.57 Å². The normalized spacial score (nSPS) is 13.1. The Morgan fingerprint density at radius 2 is 1.38 bits per heavy atom. The molecule has 0 bridgehead atoms. The van der Waals surface area contributed by atoms with Crippen molar-refractivity contribution in [1.82, 2.24) is 9.47 Å². The molecule has 2 heterocycles. The molecule has 0 spiro atoms. The van der Waals surface area contributed by atoms with Gasteiger partial charge in [0.05, 0.1) is 24.2 Å². The molecule has 24 heavy (non-hydrogen) atoms. The summed E-state index contributed by atoms with van der Waals surface area (Å²) >= 11 is 0. The average Bonchev–Trinajstić information content (AvgIpc) is 3.13. The lowest BCUT2D eigenvalue weighted by atomic mass is 10.1. The minimum atomic E-state index is -0.267. The molecule has 116 valence electrons. The van der Waals surface area contributed by atoms with Crippen molar-refractivity contribution >= 4 is 22.7 Å². The van der Waals surface area contributed by atoms with Crippen molar-refractivity contribution in [3.05, 3.63) is 71.9 Å². The fourth-order valence-corrected chi connectivity index (χ4v) is 2.94. The van der Waals surface area contributed by atoms with E-state index in [2.05, 4.69) is 17.9 Å². The summed E-state index contributed by atoms with van der Waals surface area (Å²) in [6.07, 6.45) is 1.99. The van der Waals surface area contributed by atoms with E-state index in [1.165, 1.54) is 10.3 Å². The SMILES string of the molecule is O=C1c2ccccc2C(=O)N1CC#CCn1ccc2ccccc21. The first kappa shape index (κ1) is 14.3. The Balaban J connectivity index is 1.48. The molecule has 2 aromatic carbocycles. The number of carbonyl (C=O) groups excluding carboxylic acids is 2. The highest BCUT2D eigenvalue weighted by Crippen LogP contribution is 2.21. The van der Waals surface area contributed by atoms with Crippen LogP contribution in [0.25, 0.3) is 10.9 Å². The zero-order valence-corrected chi connectivity index (χ0v) is 12.9. The fourth-order valence-electron chi connectivity index (χ4n) is 2.94. The molecule has 1 aliphatic heterocycles. The summed E-state index contributed by atoms with van der Waals surface area (Å²) in [7, 11) is 0. The fraction of sp³-hybridized carbons (Fsp3) is 0.100. The third kappa shape index (κ3) is 2.27. The van der Waals surface area contributed by atoms with Crippen LogP contribution in [0, 0.1) is 11.8 Å². The second kappa shape index (κ2) is 5.71. The molecule has 4 heteroatoms. The lowest BCUT2D eigenvalue weighted by Crippen LogP contribution is -2.30. The number of amides is 2. The maximum absolute atomic E-state index is 12.2. The molecular weight excluding hydrogens is 300 g/mol. The van der Waals surface area contributed by atoms with Crippen molar-refractivity contribution in [3.8, 4) is 11.8 Å². The summed E-state index contributed by atoms with van der Waals surface area (Å²) in [6, 6.07) is 17.0. The number of nitrogens with zero attached hydrogens (tertiary/aromatic N) is 2. The van der Waals surface area contributed by atoms with Crippen LogP contribution in [-0.2, 0) is 6.54 Å². The van der Waals surface area contributed by atoms with Gasteiger partial charge in [-0.15, -0.1) is 0 Å². The summed E-state index contributed by atoms with van der Waals surface area (Å²) in [5.74, 6) is 5.45. The maximum atomic E-state index is 12.2. The molecule has 0 saturated heterocycles. The summed E-state index contributed by atoms with van der Waals surface area (Å²) < 4.78 is 2.05. The van der Waals surface area contributed by atoms with Gasteiger partial charge in [0.2, 0.25) is 0 Å². The van der Waals surface area contributed by atoms with Gasteiger partial charge in [0, 0.05) is 11.7 Å². The van der Waals surface area contributed by atoms with Gasteiger partial charge >= 0.3 is 0 Å². The number of para-hydroxylation sites is 1. The molecule has 0 atom stereocenters. The van der Waals surface area contributed by atoms with Crippen LogP contribution in [0.2, 0.25) is 0 Å². The monoisotopic (exact) mass is 314 g/mol. The molecule has 2 amide bonds.